The van der Waals surface area contributed by atoms with Gasteiger partial charge in [-0.1, -0.05) is 23.4 Å². The van der Waals surface area contributed by atoms with E-state index in [2.05, 4.69) is 11.8 Å². The predicted molar refractivity (Wildman–Crippen MR) is 58.4 cm³/mol. The van der Waals surface area contributed by atoms with Crippen molar-refractivity contribution in [3.8, 4) is 11.8 Å². The van der Waals surface area contributed by atoms with Gasteiger partial charge in [0.2, 0.25) is 0 Å². The second-order valence-electron chi connectivity index (χ2n) is 2.82. The molecule has 0 unspecified atom stereocenters. The number of hydrogen-bond acceptors (Lipinski definition) is 0. The average Bonchev–Trinajstić information content (AvgIpc) is 2.14. The van der Waals surface area contributed by atoms with Gasteiger partial charge in [-0.2, -0.15) is 0 Å². The first-order valence-corrected chi connectivity index (χ1v) is 5.07. The van der Waals surface area contributed by atoms with Crippen LogP contribution in [-0.4, -0.2) is 5.88 Å². The number of benzene rings is 1. The van der Waals surface area contributed by atoms with Gasteiger partial charge in [0.15, 0.2) is 0 Å². The van der Waals surface area contributed by atoms with Crippen molar-refractivity contribution in [3.05, 3.63) is 34.1 Å². The normalized spacial score (nSPS) is 9.43. The Kier molecular flexibility index (Phi) is 4.25. The van der Waals surface area contributed by atoms with E-state index < -0.39 is 0 Å². The molecule has 0 aromatic heterocycles. The van der Waals surface area contributed by atoms with Crippen LogP contribution in [0.3, 0.4) is 0 Å². The van der Waals surface area contributed by atoms with Gasteiger partial charge < -0.3 is 0 Å². The number of hydrogen-bond donors (Lipinski definition) is 0. The van der Waals surface area contributed by atoms with Gasteiger partial charge in [0, 0.05) is 17.3 Å². The minimum Gasteiger partial charge on any atom is -0.206 e. The zero-order valence-electron chi connectivity index (χ0n) is 7.70. The number of alkyl halides is 1. The van der Waals surface area contributed by atoms with Gasteiger partial charge in [-0.25, -0.2) is 4.39 Å². The van der Waals surface area contributed by atoms with Gasteiger partial charge in [-0.3, -0.25) is 0 Å². The van der Waals surface area contributed by atoms with Crippen molar-refractivity contribution in [2.45, 2.75) is 13.3 Å². The van der Waals surface area contributed by atoms with Crippen molar-refractivity contribution in [3.63, 3.8) is 0 Å². The van der Waals surface area contributed by atoms with E-state index in [4.69, 9.17) is 23.2 Å². The summed E-state index contributed by atoms with van der Waals surface area (Å²) in [6.07, 6.45) is 0.558. The molecule has 0 aliphatic rings. The van der Waals surface area contributed by atoms with Crippen molar-refractivity contribution in [2.24, 2.45) is 0 Å². The quantitative estimate of drug-likeness (QED) is 0.509. The molecule has 0 bridgehead atoms. The Bertz CT molecular complexity index is 388. The van der Waals surface area contributed by atoms with Crippen molar-refractivity contribution >= 4 is 23.2 Å². The second-order valence-corrected chi connectivity index (χ2v) is 3.61. The van der Waals surface area contributed by atoms with Crippen LogP contribution in [0.15, 0.2) is 12.1 Å². The topological polar surface area (TPSA) is 0 Å². The lowest BCUT2D eigenvalue weighted by Crippen LogP contribution is -1.86. The molecule has 14 heavy (non-hydrogen) atoms. The molecule has 0 amide bonds. The van der Waals surface area contributed by atoms with E-state index in [1.807, 2.05) is 6.92 Å². The average molecular weight is 231 g/mol. The molecule has 1 aromatic carbocycles. The summed E-state index contributed by atoms with van der Waals surface area (Å²) in [6.45, 7) is 1.81. The molecule has 0 saturated heterocycles. The molecule has 3 heteroatoms. The van der Waals surface area contributed by atoms with E-state index in [0.29, 0.717) is 22.9 Å². The highest BCUT2D eigenvalue weighted by atomic mass is 35.5. The smallest absolute Gasteiger partial charge is 0.140 e. The van der Waals surface area contributed by atoms with Gasteiger partial charge in [-0.05, 0) is 24.6 Å². The maximum atomic E-state index is 13.2. The Morgan fingerprint density at radius 3 is 2.79 bits per heavy atom. The lowest BCUT2D eigenvalue weighted by atomic mass is 10.1. The lowest BCUT2D eigenvalue weighted by Gasteiger charge is -1.99. The van der Waals surface area contributed by atoms with Gasteiger partial charge in [-0.15, -0.1) is 11.6 Å². The highest BCUT2D eigenvalue weighted by Gasteiger charge is 2.02. The summed E-state index contributed by atoms with van der Waals surface area (Å²) in [4.78, 5) is 0. The molecule has 0 atom stereocenters. The Morgan fingerprint density at radius 2 is 2.14 bits per heavy atom. The zero-order chi connectivity index (χ0) is 10.6. The molecule has 1 aromatic rings. The standard InChI is InChI=1S/C11H9Cl2F/c1-8-6-9(4-2-3-5-12)11(14)7-10(8)13/h6-7H,3,5H2,1H3. The fourth-order valence-electron chi connectivity index (χ4n) is 0.958. The van der Waals surface area contributed by atoms with E-state index in [1.54, 1.807) is 6.07 Å². The van der Waals surface area contributed by atoms with Gasteiger partial charge in [0.25, 0.3) is 0 Å². The van der Waals surface area contributed by atoms with Gasteiger partial charge in [0.1, 0.15) is 5.82 Å². The Balaban J connectivity index is 3.00. The first-order chi connectivity index (χ1) is 6.65. The summed E-state index contributed by atoms with van der Waals surface area (Å²) < 4.78 is 13.2. The minimum atomic E-state index is -0.386. The molecule has 0 nitrogen and oxygen atoms in total. The second kappa shape index (κ2) is 5.24. The van der Waals surface area contributed by atoms with Crippen LogP contribution in [0.25, 0.3) is 0 Å². The van der Waals surface area contributed by atoms with Crippen LogP contribution in [-0.2, 0) is 0 Å². The number of halogens is 3. The molecule has 0 radical (unpaired) electrons. The summed E-state index contributed by atoms with van der Waals surface area (Å²) in [7, 11) is 0. The van der Waals surface area contributed by atoms with Crippen LogP contribution in [0, 0.1) is 24.6 Å². The first kappa shape index (κ1) is 11.4. The van der Waals surface area contributed by atoms with Crippen molar-refractivity contribution < 1.29 is 4.39 Å². The van der Waals surface area contributed by atoms with E-state index in [-0.39, 0.29) is 5.82 Å². The fraction of sp³-hybridized carbons (Fsp3) is 0.273. The van der Waals surface area contributed by atoms with E-state index >= 15 is 0 Å². The third kappa shape index (κ3) is 2.90. The molecule has 0 aliphatic carbocycles. The van der Waals surface area contributed by atoms with Gasteiger partial charge >= 0.3 is 0 Å². The van der Waals surface area contributed by atoms with Crippen molar-refractivity contribution in [1.29, 1.82) is 0 Å². The third-order valence-electron chi connectivity index (χ3n) is 1.69. The molecule has 0 aliphatic heterocycles. The Hall–Kier alpha value is -0.710. The maximum Gasteiger partial charge on any atom is 0.140 e. The summed E-state index contributed by atoms with van der Waals surface area (Å²) in [5.74, 6) is 5.56. The van der Waals surface area contributed by atoms with Crippen LogP contribution in [0.2, 0.25) is 5.02 Å². The Morgan fingerprint density at radius 1 is 1.43 bits per heavy atom. The lowest BCUT2D eigenvalue weighted by molar-refractivity contribution is 0.624. The van der Waals surface area contributed by atoms with Crippen molar-refractivity contribution in [1.82, 2.24) is 0 Å². The molecule has 0 spiro atoms. The molecule has 74 valence electrons. The molecule has 0 heterocycles. The third-order valence-corrected chi connectivity index (χ3v) is 2.29. The molecular formula is C11H9Cl2F. The highest BCUT2D eigenvalue weighted by Crippen LogP contribution is 2.19. The molecule has 1 rings (SSSR count). The fourth-order valence-corrected chi connectivity index (χ4v) is 1.20. The van der Waals surface area contributed by atoms with Crippen LogP contribution in [0.1, 0.15) is 17.5 Å². The van der Waals surface area contributed by atoms with Crippen LogP contribution in [0.4, 0.5) is 4.39 Å². The maximum absolute atomic E-state index is 13.2. The summed E-state index contributed by atoms with van der Waals surface area (Å²) >= 11 is 11.2. The van der Waals surface area contributed by atoms with Crippen LogP contribution < -0.4 is 0 Å². The zero-order valence-corrected chi connectivity index (χ0v) is 9.21. The molecular weight excluding hydrogens is 222 g/mol. The van der Waals surface area contributed by atoms with Crippen molar-refractivity contribution in [2.75, 3.05) is 5.88 Å². The number of rotatable bonds is 1. The number of aryl methyl sites for hydroxylation is 1. The monoisotopic (exact) mass is 230 g/mol. The summed E-state index contributed by atoms with van der Waals surface area (Å²) in [5, 5.41) is 0.422. The first-order valence-electron chi connectivity index (χ1n) is 4.15. The molecule has 0 fully saturated rings. The minimum absolute atomic E-state index is 0.372. The highest BCUT2D eigenvalue weighted by molar-refractivity contribution is 6.31. The Labute approximate surface area is 93.0 Å². The molecule has 0 N–H and O–H groups in total. The summed E-state index contributed by atoms with van der Waals surface area (Å²) in [5.41, 5.74) is 1.19. The van der Waals surface area contributed by atoms with E-state index in [9.17, 15) is 4.39 Å². The van der Waals surface area contributed by atoms with Crippen LogP contribution >= 0.6 is 23.2 Å². The van der Waals surface area contributed by atoms with Gasteiger partial charge in [0.05, 0.1) is 5.56 Å². The van der Waals surface area contributed by atoms with E-state index in [1.165, 1.54) is 6.07 Å². The summed E-state index contributed by atoms with van der Waals surface area (Å²) in [6, 6.07) is 2.92. The SMILES string of the molecule is Cc1cc(C#CCCCl)c(F)cc1Cl. The van der Waals surface area contributed by atoms with Crippen LogP contribution in [0.5, 0.6) is 0 Å². The molecule has 0 saturated carbocycles. The predicted octanol–water partition coefficient (Wildman–Crippen LogP) is 3.77. The largest absolute Gasteiger partial charge is 0.206 e. The van der Waals surface area contributed by atoms with E-state index in [0.717, 1.165) is 5.56 Å².